The monoisotopic (exact) mass is 952 g/mol. The molecular weight excluding hydrogens is 905 g/mol. The molecule has 20 heteroatoms. The summed E-state index contributed by atoms with van der Waals surface area (Å²) < 4.78 is 25.6. The first kappa shape index (κ1) is 46.1. The molecule has 1 aliphatic rings. The first-order valence-corrected chi connectivity index (χ1v) is 22.8. The molecule has 8 heterocycles. The van der Waals surface area contributed by atoms with Gasteiger partial charge in [0, 0.05) is 52.5 Å². The van der Waals surface area contributed by atoms with Gasteiger partial charge in [0.15, 0.2) is 0 Å². The molecule has 19 nitrogen and oxygen atoms in total. The lowest BCUT2D eigenvalue weighted by molar-refractivity contribution is -0.125. The highest BCUT2D eigenvalue weighted by Gasteiger charge is 2.43. The number of aryl methyl sites for hydroxylation is 4. The number of ether oxygens (including phenoxy) is 2. The quantitative estimate of drug-likeness (QED) is 0.106. The number of hydrogen-bond donors (Lipinski definition) is 2. The summed E-state index contributed by atoms with van der Waals surface area (Å²) in [6.07, 6.45) is 6.23. The number of nitrogens with zero attached hydrogens (tertiary/aromatic N) is 9. The lowest BCUT2D eigenvalue weighted by Gasteiger charge is -2.26. The van der Waals surface area contributed by atoms with E-state index in [1.165, 1.54) is 4.57 Å². The summed E-state index contributed by atoms with van der Waals surface area (Å²) >= 11 is 0. The van der Waals surface area contributed by atoms with Gasteiger partial charge in [0.25, 0.3) is 0 Å². The van der Waals surface area contributed by atoms with Crippen molar-refractivity contribution in [2.45, 2.75) is 72.5 Å². The van der Waals surface area contributed by atoms with Crippen molar-refractivity contribution in [1.29, 1.82) is 0 Å². The average molecular weight is 953 g/mol. The summed E-state index contributed by atoms with van der Waals surface area (Å²) in [6.45, 7) is 10.6. The summed E-state index contributed by atoms with van der Waals surface area (Å²) in [4.78, 5) is 77.0. The molecule has 7 aromatic heterocycles. The third-order valence-electron chi connectivity index (χ3n) is 13.2. The molecule has 0 bridgehead atoms. The van der Waals surface area contributed by atoms with Crippen molar-refractivity contribution in [2.24, 2.45) is 0 Å². The highest BCUT2D eigenvalue weighted by molar-refractivity contribution is 6.38. The maximum absolute atomic E-state index is 14.6. The highest BCUT2D eigenvalue weighted by Crippen LogP contribution is 2.49. The van der Waals surface area contributed by atoms with E-state index in [0.29, 0.717) is 89.9 Å². The minimum atomic E-state index is -0.933. The van der Waals surface area contributed by atoms with Crippen LogP contribution >= 0.6 is 0 Å². The number of imidazole rings is 1. The Kier molecular flexibility index (Phi) is 11.9. The molecule has 0 fully saturated rings. The van der Waals surface area contributed by atoms with Crippen molar-refractivity contribution in [3.8, 4) is 33.8 Å². The van der Waals surface area contributed by atoms with Gasteiger partial charge in [-0.05, 0) is 90.1 Å². The van der Waals surface area contributed by atoms with E-state index in [2.05, 4.69) is 30.7 Å². The molecule has 9 aromatic rings. The van der Waals surface area contributed by atoms with Gasteiger partial charge in [-0.2, -0.15) is 0 Å². The maximum atomic E-state index is 14.6. The summed E-state index contributed by atoms with van der Waals surface area (Å²) in [5, 5.41) is 14.7. The van der Waals surface area contributed by atoms with Crippen LogP contribution in [0.3, 0.4) is 0 Å². The molecule has 0 saturated carbocycles. The Hall–Kier alpha value is -8.68. The number of anilines is 1. The van der Waals surface area contributed by atoms with Gasteiger partial charge in [-0.3, -0.25) is 43.5 Å². The first-order valence-electron chi connectivity index (χ1n) is 22.8. The summed E-state index contributed by atoms with van der Waals surface area (Å²) in [6, 6.07) is 17.3. The van der Waals surface area contributed by atoms with Gasteiger partial charge in [-0.1, -0.05) is 22.4 Å². The largest absolute Gasteiger partial charge is 0.496 e. The molecule has 71 heavy (non-hydrogen) atoms. The van der Waals surface area contributed by atoms with E-state index in [4.69, 9.17) is 28.5 Å². The number of hydrogen-bond acceptors (Lipinski definition) is 14. The molecule has 1 aliphatic heterocycles. The van der Waals surface area contributed by atoms with Crippen LogP contribution in [0.2, 0.25) is 0 Å². The van der Waals surface area contributed by atoms with Crippen LogP contribution in [0.15, 0.2) is 99.3 Å². The topological polar surface area (TPSA) is 228 Å². The number of pyridine rings is 4. The minimum absolute atomic E-state index is 0.274. The molecule has 10 rings (SSSR count). The van der Waals surface area contributed by atoms with Crippen molar-refractivity contribution in [2.75, 3.05) is 19.1 Å². The second-order valence-corrected chi connectivity index (χ2v) is 17.4. The molecule has 0 spiro atoms. The standard InChI is InChI=1S/C51H47BN11O8/c1-25-46(29(5)70-59-25)34-17-39-32(19-42(34)68-7)48-36(22-55-39)31(50(66)62(48)27(3)37-13-9-11-15-53-37)21-44(64)57-52-58-45(65)24-61-41-23-56-40-18-35(47-26(2)60-71-30(47)6)43(69-8)20-33(40)49(41)63(51(61)67)28(4)38-14-10-12-16-54-38/h9-20,22-23,27-28,31H,21,24H2,1-8H3,(H,57,64)(H,58,65). The molecule has 357 valence electrons. The van der Waals surface area contributed by atoms with E-state index in [9.17, 15) is 19.2 Å². The van der Waals surface area contributed by atoms with Crippen LogP contribution in [-0.4, -0.2) is 78.9 Å². The van der Waals surface area contributed by atoms with Crippen molar-refractivity contribution in [3.05, 3.63) is 136 Å². The summed E-state index contributed by atoms with van der Waals surface area (Å²) in [5.41, 5.74) is 8.35. The predicted molar refractivity (Wildman–Crippen MR) is 264 cm³/mol. The van der Waals surface area contributed by atoms with Crippen LogP contribution in [0.25, 0.3) is 55.1 Å². The SMILES string of the molecule is COc1cc2c3c(cnc2cc1-c1c(C)noc1C)C(CC(=O)N[B]NC(=O)Cn1c(=O)n(C(C)c2ccccn2)c2c4cc(OC)c(-c5c(C)noc5C)cc4ncc21)C(=O)N3C(C)c1ccccn1. The van der Waals surface area contributed by atoms with E-state index in [1.54, 1.807) is 60.6 Å². The number of benzene rings is 2. The Labute approximate surface area is 406 Å². The Morgan fingerprint density at radius 1 is 0.732 bits per heavy atom. The van der Waals surface area contributed by atoms with Gasteiger partial charge in [0.2, 0.25) is 17.7 Å². The Morgan fingerprint density at radius 2 is 1.30 bits per heavy atom. The normalized spacial score (nSPS) is 14.2. The zero-order valence-corrected chi connectivity index (χ0v) is 40.1. The zero-order chi connectivity index (χ0) is 49.8. The summed E-state index contributed by atoms with van der Waals surface area (Å²) in [5.74, 6) is -0.160. The fourth-order valence-electron chi connectivity index (χ4n) is 9.83. The first-order chi connectivity index (χ1) is 34.3. The predicted octanol–water partition coefficient (Wildman–Crippen LogP) is 6.91. The molecule has 0 saturated heterocycles. The van der Waals surface area contributed by atoms with E-state index in [-0.39, 0.29) is 12.3 Å². The maximum Gasteiger partial charge on any atom is 0.390 e. The lowest BCUT2D eigenvalue weighted by Crippen LogP contribution is -2.44. The average Bonchev–Trinajstić information content (AvgIpc) is 4.08. The Balaban J connectivity index is 0.924. The molecule has 2 N–H and O–H groups in total. The molecule has 3 amide bonds. The van der Waals surface area contributed by atoms with E-state index in [0.717, 1.165) is 29.8 Å². The van der Waals surface area contributed by atoms with Gasteiger partial charge < -0.3 is 33.9 Å². The number of aromatic nitrogens is 8. The van der Waals surface area contributed by atoms with Crippen molar-refractivity contribution in [1.82, 2.24) is 49.8 Å². The van der Waals surface area contributed by atoms with Gasteiger partial charge in [-0.25, -0.2) is 4.79 Å². The van der Waals surface area contributed by atoms with Gasteiger partial charge in [-0.15, -0.1) is 0 Å². The van der Waals surface area contributed by atoms with E-state index >= 15 is 0 Å². The number of amides is 3. The van der Waals surface area contributed by atoms with Crippen molar-refractivity contribution in [3.63, 3.8) is 0 Å². The number of carbonyl (C=O) groups is 3. The number of methoxy groups -OCH3 is 2. The third-order valence-corrected chi connectivity index (χ3v) is 13.2. The van der Waals surface area contributed by atoms with Crippen LogP contribution in [-0.2, 0) is 20.9 Å². The second kappa shape index (κ2) is 18.3. The van der Waals surface area contributed by atoms with E-state index < -0.39 is 42.1 Å². The van der Waals surface area contributed by atoms with Crippen LogP contribution in [0, 0.1) is 27.7 Å². The lowest BCUT2D eigenvalue weighted by atomic mass is 9.95. The smallest absolute Gasteiger partial charge is 0.390 e. The summed E-state index contributed by atoms with van der Waals surface area (Å²) in [7, 11) is 4.23. The Bertz CT molecular complexity index is 3610. The molecule has 3 unspecified atom stereocenters. The van der Waals surface area contributed by atoms with E-state index in [1.807, 2.05) is 90.1 Å². The molecule has 3 atom stereocenters. The van der Waals surface area contributed by atoms with Crippen molar-refractivity contribution < 1.29 is 32.9 Å². The fraction of sp³-hybridized carbons (Fsp3) is 0.255. The number of rotatable bonds is 14. The number of fused-ring (bicyclic) bond motifs is 6. The van der Waals surface area contributed by atoms with Gasteiger partial charge >= 0.3 is 13.2 Å². The molecular formula is C51H47BN11O8. The Morgan fingerprint density at radius 3 is 1.86 bits per heavy atom. The zero-order valence-electron chi connectivity index (χ0n) is 40.1. The van der Waals surface area contributed by atoms with Gasteiger partial charge in [0.1, 0.15) is 29.6 Å². The minimum Gasteiger partial charge on any atom is -0.496 e. The van der Waals surface area contributed by atoms with Crippen LogP contribution < -0.4 is 30.5 Å². The number of nitrogens with one attached hydrogen (secondary N) is 2. The van der Waals surface area contributed by atoms with Crippen molar-refractivity contribution >= 4 is 63.8 Å². The molecule has 0 aliphatic carbocycles. The third kappa shape index (κ3) is 7.90. The molecule has 1 radical (unpaired) electrons. The number of carbonyl (C=O) groups excluding carboxylic acids is 3. The second-order valence-electron chi connectivity index (χ2n) is 17.4. The fourth-order valence-corrected chi connectivity index (χ4v) is 9.83. The molecule has 2 aromatic carbocycles. The van der Waals surface area contributed by atoms with Gasteiger partial charge in [0.05, 0.1) is 100 Å². The van der Waals surface area contributed by atoms with Crippen LogP contribution in [0.1, 0.15) is 78.1 Å². The highest BCUT2D eigenvalue weighted by atomic mass is 16.5. The van der Waals surface area contributed by atoms with Crippen LogP contribution in [0.5, 0.6) is 11.5 Å². The van der Waals surface area contributed by atoms with Crippen LogP contribution in [0.4, 0.5) is 5.69 Å².